The van der Waals surface area contributed by atoms with Gasteiger partial charge < -0.3 is 14.8 Å². The van der Waals surface area contributed by atoms with Crippen molar-refractivity contribution >= 4 is 34.1 Å². The number of carbonyl (C=O) groups excluding carboxylic acids is 1. The average molecular weight is 433 g/mol. The van der Waals surface area contributed by atoms with Crippen molar-refractivity contribution in [2.75, 3.05) is 31.7 Å². The van der Waals surface area contributed by atoms with E-state index in [-0.39, 0.29) is 11.8 Å². The summed E-state index contributed by atoms with van der Waals surface area (Å²) in [5.74, 6) is 0.396. The lowest BCUT2D eigenvalue weighted by Crippen LogP contribution is -2.26. The Bertz CT molecular complexity index is 755. The number of anilines is 1. The van der Waals surface area contributed by atoms with Crippen LogP contribution < -0.4 is 5.32 Å². The first kappa shape index (κ1) is 20.8. The molecule has 0 bridgehead atoms. The quantitative estimate of drug-likeness (QED) is 0.671. The van der Waals surface area contributed by atoms with Crippen LogP contribution in [0.25, 0.3) is 0 Å². The van der Waals surface area contributed by atoms with E-state index in [9.17, 15) is 4.79 Å². The van der Waals surface area contributed by atoms with E-state index in [1.807, 2.05) is 17.1 Å². The number of hydrogen-bond acceptors (Lipinski definition) is 6. The van der Waals surface area contributed by atoms with Gasteiger partial charge in [-0.3, -0.25) is 4.79 Å². The number of nitrogens with one attached hydrogen (secondary N) is 1. The molecule has 3 heterocycles. The summed E-state index contributed by atoms with van der Waals surface area (Å²) in [5, 5.41) is 6.18. The second-order valence-corrected chi connectivity index (χ2v) is 9.94. The minimum atomic E-state index is -0.163. The summed E-state index contributed by atoms with van der Waals surface area (Å²) in [4.78, 5) is 18.6. The molecule has 2 saturated heterocycles. The normalized spacial score (nSPS) is 19.7. The average Bonchev–Trinajstić information content (AvgIpc) is 3.27. The van der Waals surface area contributed by atoms with Gasteiger partial charge in [0, 0.05) is 48.1 Å². The van der Waals surface area contributed by atoms with Crippen molar-refractivity contribution in [3.05, 3.63) is 41.4 Å². The molecule has 1 atom stereocenters. The van der Waals surface area contributed by atoms with E-state index in [2.05, 4.69) is 34.6 Å². The Balaban J connectivity index is 1.45. The Hall–Kier alpha value is -1.41. The van der Waals surface area contributed by atoms with Crippen LogP contribution in [0.15, 0.2) is 40.7 Å². The van der Waals surface area contributed by atoms with Crippen LogP contribution in [0.2, 0.25) is 0 Å². The summed E-state index contributed by atoms with van der Waals surface area (Å²) >= 11 is 3.38. The Labute approximate surface area is 180 Å². The fourth-order valence-electron chi connectivity index (χ4n) is 3.95. The van der Waals surface area contributed by atoms with Gasteiger partial charge in [-0.1, -0.05) is 12.1 Å². The van der Waals surface area contributed by atoms with Crippen LogP contribution in [-0.4, -0.2) is 42.6 Å². The third kappa shape index (κ3) is 6.04. The smallest absolute Gasteiger partial charge is 0.233 e. The number of amides is 1. The van der Waals surface area contributed by atoms with Gasteiger partial charge in [-0.05, 0) is 55.7 Å². The molecule has 0 aliphatic carbocycles. The van der Waals surface area contributed by atoms with Crippen LogP contribution in [0.1, 0.15) is 43.6 Å². The minimum absolute atomic E-state index is 0.0382. The Morgan fingerprint density at radius 1 is 1.10 bits per heavy atom. The predicted octanol–water partition coefficient (Wildman–Crippen LogP) is 4.95. The third-order valence-corrected chi connectivity index (χ3v) is 7.68. The third-order valence-electron chi connectivity index (χ3n) is 5.64. The number of hydrogen-bond donors (Lipinski definition) is 1. The zero-order chi connectivity index (χ0) is 19.9. The van der Waals surface area contributed by atoms with E-state index in [1.165, 1.54) is 16.2 Å². The highest BCUT2D eigenvalue weighted by Gasteiger charge is 2.27. The first-order valence-corrected chi connectivity index (χ1v) is 12.2. The van der Waals surface area contributed by atoms with Gasteiger partial charge in [0.05, 0.1) is 5.92 Å². The van der Waals surface area contributed by atoms with Crippen molar-refractivity contribution in [3.63, 3.8) is 0 Å². The second kappa shape index (κ2) is 10.6. The predicted molar refractivity (Wildman–Crippen MR) is 118 cm³/mol. The molecule has 1 aromatic heterocycles. The molecular formula is C22H28N2O3S2. The minimum Gasteiger partial charge on any atom is -0.381 e. The number of thiazole rings is 1. The molecule has 156 valence electrons. The highest BCUT2D eigenvalue weighted by Crippen LogP contribution is 2.34. The van der Waals surface area contributed by atoms with Gasteiger partial charge in [0.2, 0.25) is 5.91 Å². The maximum absolute atomic E-state index is 13.1. The van der Waals surface area contributed by atoms with Gasteiger partial charge >= 0.3 is 0 Å². The fourth-order valence-corrected chi connectivity index (χ4v) is 5.59. The number of nitrogens with zero attached hydrogens (tertiary/aromatic N) is 1. The summed E-state index contributed by atoms with van der Waals surface area (Å²) in [6.07, 6.45) is 6.84. The first-order valence-electron chi connectivity index (χ1n) is 10.4. The van der Waals surface area contributed by atoms with Crippen LogP contribution >= 0.6 is 23.1 Å². The Morgan fingerprint density at radius 2 is 1.79 bits per heavy atom. The topological polar surface area (TPSA) is 60.5 Å². The molecule has 4 rings (SSSR count). The zero-order valence-electron chi connectivity index (χ0n) is 16.5. The van der Waals surface area contributed by atoms with Crippen molar-refractivity contribution in [2.45, 2.75) is 48.2 Å². The van der Waals surface area contributed by atoms with Crippen molar-refractivity contribution in [2.24, 2.45) is 5.92 Å². The number of ether oxygens (including phenoxy) is 2. The molecule has 0 radical (unpaired) electrons. The molecular weight excluding hydrogens is 404 g/mol. The Morgan fingerprint density at radius 3 is 2.45 bits per heavy atom. The molecule has 2 aliphatic heterocycles. The van der Waals surface area contributed by atoms with Crippen LogP contribution in [0.4, 0.5) is 5.13 Å². The fraction of sp³-hybridized carbons (Fsp3) is 0.545. The maximum atomic E-state index is 13.1. The largest absolute Gasteiger partial charge is 0.381 e. The Kier molecular flexibility index (Phi) is 7.60. The van der Waals surface area contributed by atoms with E-state index >= 15 is 0 Å². The summed E-state index contributed by atoms with van der Waals surface area (Å²) in [6, 6.07) is 8.60. The molecule has 1 unspecified atom stereocenters. The molecule has 0 spiro atoms. The summed E-state index contributed by atoms with van der Waals surface area (Å²) in [5.41, 5.74) is 1.09. The van der Waals surface area contributed by atoms with E-state index in [0.29, 0.717) is 16.3 Å². The number of thioether (sulfide) groups is 1. The monoisotopic (exact) mass is 432 g/mol. The molecule has 1 aromatic carbocycles. The number of aromatic nitrogens is 1. The second-order valence-electron chi connectivity index (χ2n) is 7.67. The number of benzene rings is 1. The van der Waals surface area contributed by atoms with Crippen LogP contribution in [0, 0.1) is 5.92 Å². The molecule has 5 nitrogen and oxygen atoms in total. The van der Waals surface area contributed by atoms with Crippen molar-refractivity contribution in [3.8, 4) is 0 Å². The van der Waals surface area contributed by atoms with Crippen molar-refractivity contribution in [1.82, 2.24) is 4.98 Å². The molecule has 7 heteroatoms. The first-order chi connectivity index (χ1) is 14.3. The van der Waals surface area contributed by atoms with E-state index in [4.69, 9.17) is 9.47 Å². The van der Waals surface area contributed by atoms with E-state index in [0.717, 1.165) is 64.1 Å². The van der Waals surface area contributed by atoms with Gasteiger partial charge in [-0.2, -0.15) is 0 Å². The van der Waals surface area contributed by atoms with Crippen LogP contribution in [0.5, 0.6) is 0 Å². The van der Waals surface area contributed by atoms with Gasteiger partial charge in [-0.25, -0.2) is 4.98 Å². The van der Waals surface area contributed by atoms with E-state index in [1.54, 1.807) is 6.20 Å². The van der Waals surface area contributed by atoms with Crippen molar-refractivity contribution < 1.29 is 14.3 Å². The highest BCUT2D eigenvalue weighted by atomic mass is 32.2. The maximum Gasteiger partial charge on any atom is 0.233 e. The lowest BCUT2D eigenvalue weighted by atomic mass is 9.84. The van der Waals surface area contributed by atoms with Crippen LogP contribution in [0.3, 0.4) is 0 Å². The number of carbonyl (C=O) groups is 1. The van der Waals surface area contributed by atoms with Gasteiger partial charge in [0.1, 0.15) is 0 Å². The molecule has 1 amide bonds. The van der Waals surface area contributed by atoms with Gasteiger partial charge in [0.15, 0.2) is 5.13 Å². The summed E-state index contributed by atoms with van der Waals surface area (Å²) in [6.45, 7) is 3.32. The van der Waals surface area contributed by atoms with Gasteiger partial charge in [-0.15, -0.1) is 23.1 Å². The molecule has 29 heavy (non-hydrogen) atoms. The summed E-state index contributed by atoms with van der Waals surface area (Å²) < 4.78 is 11.0. The summed E-state index contributed by atoms with van der Waals surface area (Å²) in [7, 11) is 0. The number of rotatable bonds is 7. The SMILES string of the molecule is O=C(Nc1nccs1)C(CC1CCOCC1)c1ccc(SC2CCOCC2)cc1. The van der Waals surface area contributed by atoms with E-state index < -0.39 is 0 Å². The molecule has 2 aromatic rings. The molecule has 2 fully saturated rings. The lowest BCUT2D eigenvalue weighted by Gasteiger charge is -2.26. The zero-order valence-corrected chi connectivity index (χ0v) is 18.2. The van der Waals surface area contributed by atoms with Crippen LogP contribution in [-0.2, 0) is 14.3 Å². The van der Waals surface area contributed by atoms with Crippen molar-refractivity contribution in [1.29, 1.82) is 0 Å². The highest BCUT2D eigenvalue weighted by molar-refractivity contribution is 8.00. The molecule has 2 aliphatic rings. The lowest BCUT2D eigenvalue weighted by molar-refractivity contribution is -0.118. The van der Waals surface area contributed by atoms with Gasteiger partial charge in [0.25, 0.3) is 0 Å². The molecule has 0 saturated carbocycles. The molecule has 1 N–H and O–H groups in total. The standard InChI is InChI=1S/C22H28N2O3S2/c25-21(24-22-23-9-14-28-22)20(15-16-5-10-26-11-6-16)17-1-3-18(4-2-17)29-19-7-12-27-13-8-19/h1-4,9,14,16,19-20H,5-8,10-13,15H2,(H,23,24,25).